The van der Waals surface area contributed by atoms with Crippen molar-refractivity contribution in [1.29, 1.82) is 5.26 Å². The molecule has 122 valence electrons. The molecule has 2 aromatic carbocycles. The van der Waals surface area contributed by atoms with Crippen LogP contribution in [-0.2, 0) is 9.53 Å². The average molecular weight is 322 g/mol. The number of nitrogens with one attached hydrogen (secondary N) is 1. The fourth-order valence-electron chi connectivity index (χ4n) is 2.30. The summed E-state index contributed by atoms with van der Waals surface area (Å²) < 4.78 is 5.22. The maximum atomic E-state index is 12.2. The Kier molecular flexibility index (Phi) is 5.33. The van der Waals surface area contributed by atoms with E-state index in [-0.39, 0.29) is 0 Å². The van der Waals surface area contributed by atoms with E-state index in [0.29, 0.717) is 16.8 Å². The number of ether oxygens (including phenoxy) is 1. The standard InChI is InChI=1S/C19H18N2O3/c1-12-8-13(2)10-16(9-12)19(23)24-14(3)18(22)21-17-7-5-4-6-15(17)11-20/h4-10,14H,1-3H3,(H,21,22)/t14-/m0/s1. The maximum absolute atomic E-state index is 12.2. The summed E-state index contributed by atoms with van der Waals surface area (Å²) in [6.07, 6.45) is -0.981. The van der Waals surface area contributed by atoms with Crippen molar-refractivity contribution in [2.24, 2.45) is 0 Å². The molecule has 1 amide bonds. The van der Waals surface area contributed by atoms with Gasteiger partial charge < -0.3 is 10.1 Å². The van der Waals surface area contributed by atoms with Crippen LogP contribution in [0.5, 0.6) is 0 Å². The molecule has 0 aromatic heterocycles. The zero-order valence-corrected chi connectivity index (χ0v) is 13.8. The molecule has 1 atom stereocenters. The van der Waals surface area contributed by atoms with Crippen molar-refractivity contribution in [1.82, 2.24) is 0 Å². The van der Waals surface area contributed by atoms with Crippen LogP contribution in [0.15, 0.2) is 42.5 Å². The molecule has 5 nitrogen and oxygen atoms in total. The maximum Gasteiger partial charge on any atom is 0.338 e. The fourth-order valence-corrected chi connectivity index (χ4v) is 2.30. The Morgan fingerprint density at radius 2 is 1.75 bits per heavy atom. The smallest absolute Gasteiger partial charge is 0.338 e. The van der Waals surface area contributed by atoms with Gasteiger partial charge in [-0.25, -0.2) is 4.79 Å². The van der Waals surface area contributed by atoms with Gasteiger partial charge in [0.25, 0.3) is 5.91 Å². The van der Waals surface area contributed by atoms with Crippen LogP contribution in [0, 0.1) is 25.2 Å². The largest absolute Gasteiger partial charge is 0.449 e. The molecule has 2 aromatic rings. The third-order valence-electron chi connectivity index (χ3n) is 3.42. The molecule has 0 unspecified atom stereocenters. The number of para-hydroxylation sites is 1. The lowest BCUT2D eigenvalue weighted by atomic mass is 10.1. The zero-order valence-electron chi connectivity index (χ0n) is 13.8. The number of nitrogens with zero attached hydrogens (tertiary/aromatic N) is 1. The third-order valence-corrected chi connectivity index (χ3v) is 3.42. The van der Waals surface area contributed by atoms with Crippen LogP contribution in [0.3, 0.4) is 0 Å². The highest BCUT2D eigenvalue weighted by Gasteiger charge is 2.20. The van der Waals surface area contributed by atoms with Crippen LogP contribution in [0.1, 0.15) is 34.0 Å². The number of anilines is 1. The molecule has 0 bridgehead atoms. The Morgan fingerprint density at radius 3 is 2.38 bits per heavy atom. The van der Waals surface area contributed by atoms with E-state index in [2.05, 4.69) is 5.32 Å². The van der Waals surface area contributed by atoms with Gasteiger partial charge in [0.15, 0.2) is 6.10 Å². The first kappa shape index (κ1) is 17.2. The first-order valence-corrected chi connectivity index (χ1v) is 7.50. The number of hydrogen-bond acceptors (Lipinski definition) is 4. The van der Waals surface area contributed by atoms with Gasteiger partial charge in [0, 0.05) is 0 Å². The van der Waals surface area contributed by atoms with Crippen LogP contribution >= 0.6 is 0 Å². The summed E-state index contributed by atoms with van der Waals surface area (Å²) in [4.78, 5) is 24.4. The molecule has 0 aliphatic heterocycles. The van der Waals surface area contributed by atoms with Gasteiger partial charge in [0.05, 0.1) is 16.8 Å². The summed E-state index contributed by atoms with van der Waals surface area (Å²) in [5, 5.41) is 11.6. The van der Waals surface area contributed by atoms with Crippen LogP contribution in [-0.4, -0.2) is 18.0 Å². The van der Waals surface area contributed by atoms with Crippen molar-refractivity contribution >= 4 is 17.6 Å². The topological polar surface area (TPSA) is 79.2 Å². The second-order valence-corrected chi connectivity index (χ2v) is 5.57. The third kappa shape index (κ3) is 4.20. The number of esters is 1. The van der Waals surface area contributed by atoms with Gasteiger partial charge in [0.1, 0.15) is 6.07 Å². The highest BCUT2D eigenvalue weighted by molar-refractivity contribution is 5.98. The van der Waals surface area contributed by atoms with E-state index in [0.717, 1.165) is 11.1 Å². The molecule has 0 aliphatic rings. The predicted octanol–water partition coefficient (Wildman–Crippen LogP) is 3.36. The first-order chi connectivity index (χ1) is 11.4. The van der Waals surface area contributed by atoms with Crippen molar-refractivity contribution in [3.05, 3.63) is 64.7 Å². The summed E-state index contributed by atoms with van der Waals surface area (Å²) >= 11 is 0. The van der Waals surface area contributed by atoms with Crippen molar-refractivity contribution in [2.75, 3.05) is 5.32 Å². The van der Waals surface area contributed by atoms with E-state index in [1.54, 1.807) is 36.4 Å². The van der Waals surface area contributed by atoms with Crippen LogP contribution < -0.4 is 5.32 Å². The first-order valence-electron chi connectivity index (χ1n) is 7.50. The molecular weight excluding hydrogens is 304 g/mol. The molecule has 24 heavy (non-hydrogen) atoms. The Bertz CT molecular complexity index is 801. The van der Waals surface area contributed by atoms with Gasteiger partial charge in [-0.05, 0) is 45.0 Å². The molecule has 2 rings (SSSR count). The lowest BCUT2D eigenvalue weighted by Gasteiger charge is -2.14. The lowest BCUT2D eigenvalue weighted by Crippen LogP contribution is -2.30. The summed E-state index contributed by atoms with van der Waals surface area (Å²) in [5.41, 5.74) is 3.03. The number of carbonyl (C=O) groups excluding carboxylic acids is 2. The Morgan fingerprint density at radius 1 is 1.12 bits per heavy atom. The average Bonchev–Trinajstić information content (AvgIpc) is 2.54. The van der Waals surface area contributed by atoms with E-state index >= 15 is 0 Å². The Hall–Kier alpha value is -3.13. The second kappa shape index (κ2) is 7.42. The van der Waals surface area contributed by atoms with Gasteiger partial charge in [-0.1, -0.05) is 29.3 Å². The summed E-state index contributed by atoms with van der Waals surface area (Å²) in [5.74, 6) is -1.05. The van der Waals surface area contributed by atoms with Crippen molar-refractivity contribution in [3.8, 4) is 6.07 Å². The Balaban J connectivity index is 2.06. The number of amides is 1. The summed E-state index contributed by atoms with van der Waals surface area (Å²) in [7, 11) is 0. The van der Waals surface area contributed by atoms with Gasteiger partial charge in [0.2, 0.25) is 0 Å². The Labute approximate surface area is 140 Å². The monoisotopic (exact) mass is 322 g/mol. The molecule has 0 saturated carbocycles. The highest BCUT2D eigenvalue weighted by Crippen LogP contribution is 2.15. The van der Waals surface area contributed by atoms with E-state index in [9.17, 15) is 9.59 Å². The minimum Gasteiger partial charge on any atom is -0.449 e. The molecule has 0 spiro atoms. The zero-order chi connectivity index (χ0) is 17.7. The molecule has 5 heteroatoms. The number of carbonyl (C=O) groups is 2. The van der Waals surface area contributed by atoms with Crippen LogP contribution in [0.4, 0.5) is 5.69 Å². The van der Waals surface area contributed by atoms with Crippen molar-refractivity contribution < 1.29 is 14.3 Å². The van der Waals surface area contributed by atoms with Gasteiger partial charge in [-0.15, -0.1) is 0 Å². The number of rotatable bonds is 4. The van der Waals surface area contributed by atoms with Gasteiger partial charge >= 0.3 is 5.97 Å². The molecule has 0 aliphatic carbocycles. The van der Waals surface area contributed by atoms with E-state index in [1.165, 1.54) is 6.92 Å². The molecule has 0 radical (unpaired) electrons. The minimum atomic E-state index is -0.981. The molecule has 1 N–H and O–H groups in total. The van der Waals surface area contributed by atoms with Crippen LogP contribution in [0.2, 0.25) is 0 Å². The van der Waals surface area contributed by atoms with E-state index < -0.39 is 18.0 Å². The minimum absolute atomic E-state index is 0.346. The van der Waals surface area contributed by atoms with Gasteiger partial charge in [-0.2, -0.15) is 5.26 Å². The summed E-state index contributed by atoms with van der Waals surface area (Å²) in [6.45, 7) is 5.27. The van der Waals surface area contributed by atoms with Crippen molar-refractivity contribution in [3.63, 3.8) is 0 Å². The van der Waals surface area contributed by atoms with Crippen LogP contribution in [0.25, 0.3) is 0 Å². The number of nitriles is 1. The quantitative estimate of drug-likeness (QED) is 0.875. The van der Waals surface area contributed by atoms with E-state index in [4.69, 9.17) is 10.00 Å². The van der Waals surface area contributed by atoms with Crippen molar-refractivity contribution in [2.45, 2.75) is 26.9 Å². The molecule has 0 saturated heterocycles. The number of aryl methyl sites for hydroxylation is 2. The fraction of sp³-hybridized carbons (Fsp3) is 0.211. The molecule has 0 heterocycles. The highest BCUT2D eigenvalue weighted by atomic mass is 16.5. The predicted molar refractivity (Wildman–Crippen MR) is 90.6 cm³/mol. The molecule has 0 fully saturated rings. The van der Waals surface area contributed by atoms with E-state index in [1.807, 2.05) is 26.0 Å². The number of benzene rings is 2. The SMILES string of the molecule is Cc1cc(C)cc(C(=O)O[C@@H](C)C(=O)Nc2ccccc2C#N)c1. The number of hydrogen-bond donors (Lipinski definition) is 1. The lowest BCUT2D eigenvalue weighted by molar-refractivity contribution is -0.123. The second-order valence-electron chi connectivity index (χ2n) is 5.57. The van der Waals surface area contributed by atoms with Gasteiger partial charge in [-0.3, -0.25) is 4.79 Å². The molecular formula is C19H18N2O3. The normalized spacial score (nSPS) is 11.2. The summed E-state index contributed by atoms with van der Waals surface area (Å²) in [6, 6.07) is 14.0.